The zero-order valence-corrected chi connectivity index (χ0v) is 11.3. The highest BCUT2D eigenvalue weighted by Crippen LogP contribution is 2.38. The van der Waals surface area contributed by atoms with Crippen molar-refractivity contribution in [2.24, 2.45) is 5.92 Å². The second-order valence-corrected chi connectivity index (χ2v) is 6.32. The minimum atomic E-state index is 0.00592. The zero-order chi connectivity index (χ0) is 11.9. The monoisotopic (exact) mass is 241 g/mol. The summed E-state index contributed by atoms with van der Waals surface area (Å²) in [4.78, 5) is 0. The van der Waals surface area contributed by atoms with Gasteiger partial charge in [-0.25, -0.2) is 0 Å². The molecule has 2 atom stereocenters. The molecule has 0 amide bonds. The van der Waals surface area contributed by atoms with Crippen LogP contribution in [-0.4, -0.2) is 14.8 Å². The van der Waals surface area contributed by atoms with Gasteiger partial charge < -0.3 is 0 Å². The van der Waals surface area contributed by atoms with Crippen LogP contribution >= 0.6 is 11.6 Å². The lowest BCUT2D eigenvalue weighted by Crippen LogP contribution is -2.21. The highest BCUT2D eigenvalue weighted by molar-refractivity contribution is 6.28. The van der Waals surface area contributed by atoms with Crippen molar-refractivity contribution in [3.63, 3.8) is 0 Å². The Morgan fingerprint density at radius 2 is 1.94 bits per heavy atom. The molecule has 0 spiro atoms. The molecule has 1 aliphatic carbocycles. The maximum Gasteiger partial charge on any atom is 0.225 e. The Balaban J connectivity index is 2.36. The number of hydrogen-bond acceptors (Lipinski definition) is 2. The van der Waals surface area contributed by atoms with Crippen molar-refractivity contribution in [1.82, 2.24) is 14.8 Å². The fourth-order valence-electron chi connectivity index (χ4n) is 2.52. The molecule has 0 N–H and O–H groups in total. The van der Waals surface area contributed by atoms with Gasteiger partial charge in [-0.05, 0) is 36.8 Å². The van der Waals surface area contributed by atoms with E-state index in [4.69, 9.17) is 11.6 Å². The zero-order valence-electron chi connectivity index (χ0n) is 10.5. The molecule has 16 heavy (non-hydrogen) atoms. The Labute approximate surface area is 102 Å². The maximum atomic E-state index is 6.17. The van der Waals surface area contributed by atoms with Gasteiger partial charge in [-0.2, -0.15) is 0 Å². The second kappa shape index (κ2) is 4.02. The quantitative estimate of drug-likeness (QED) is 0.752. The molecule has 2 rings (SSSR count). The van der Waals surface area contributed by atoms with Crippen molar-refractivity contribution < 1.29 is 0 Å². The third-order valence-electron chi connectivity index (χ3n) is 3.36. The van der Waals surface area contributed by atoms with E-state index in [1.165, 1.54) is 19.3 Å². The summed E-state index contributed by atoms with van der Waals surface area (Å²) in [5, 5.41) is 8.81. The van der Waals surface area contributed by atoms with Crippen LogP contribution in [0.25, 0.3) is 0 Å². The number of aromatic nitrogens is 3. The highest BCUT2D eigenvalue weighted by atomic mass is 35.5. The molecular weight excluding hydrogens is 222 g/mol. The van der Waals surface area contributed by atoms with Gasteiger partial charge >= 0.3 is 0 Å². The van der Waals surface area contributed by atoms with Crippen LogP contribution in [0, 0.1) is 5.92 Å². The third-order valence-corrected chi connectivity index (χ3v) is 3.62. The molecule has 4 heteroatoms. The Bertz CT molecular complexity index is 378. The Kier molecular flexibility index (Phi) is 2.99. The molecule has 1 saturated carbocycles. The molecule has 1 heterocycles. The Morgan fingerprint density at radius 1 is 1.25 bits per heavy atom. The largest absolute Gasteiger partial charge is 0.298 e. The molecule has 90 valence electrons. The minimum Gasteiger partial charge on any atom is -0.298 e. The van der Waals surface area contributed by atoms with Gasteiger partial charge in [0, 0.05) is 11.5 Å². The second-order valence-electron chi connectivity index (χ2n) is 5.98. The van der Waals surface area contributed by atoms with Crippen molar-refractivity contribution in [2.45, 2.75) is 58.4 Å². The van der Waals surface area contributed by atoms with Crippen LogP contribution in [0.1, 0.15) is 58.8 Å². The number of hydrogen-bond donors (Lipinski definition) is 0. The van der Waals surface area contributed by atoms with Gasteiger partial charge in [-0.15, -0.1) is 10.2 Å². The molecule has 1 aromatic heterocycles. The summed E-state index contributed by atoms with van der Waals surface area (Å²) >= 11 is 6.17. The van der Waals surface area contributed by atoms with E-state index in [1.807, 2.05) is 0 Å². The van der Waals surface area contributed by atoms with E-state index < -0.39 is 0 Å². The smallest absolute Gasteiger partial charge is 0.225 e. The predicted octanol–water partition coefficient (Wildman–Crippen LogP) is 3.59. The topological polar surface area (TPSA) is 30.7 Å². The highest BCUT2D eigenvalue weighted by Gasteiger charge is 2.31. The lowest BCUT2D eigenvalue weighted by Gasteiger charge is -2.23. The lowest BCUT2D eigenvalue weighted by molar-refractivity contribution is 0.428. The van der Waals surface area contributed by atoms with Gasteiger partial charge in [-0.3, -0.25) is 4.57 Å². The van der Waals surface area contributed by atoms with Crippen molar-refractivity contribution >= 4 is 11.6 Å². The average molecular weight is 242 g/mol. The lowest BCUT2D eigenvalue weighted by atomic mass is 9.95. The van der Waals surface area contributed by atoms with E-state index in [0.29, 0.717) is 11.3 Å². The first-order valence-electron chi connectivity index (χ1n) is 6.00. The van der Waals surface area contributed by atoms with E-state index in [2.05, 4.69) is 42.5 Å². The first kappa shape index (κ1) is 11.9. The van der Waals surface area contributed by atoms with E-state index in [-0.39, 0.29) is 5.41 Å². The molecule has 0 bridgehead atoms. The molecule has 1 fully saturated rings. The average Bonchev–Trinajstić information content (AvgIpc) is 2.70. The van der Waals surface area contributed by atoms with Gasteiger partial charge in [0.1, 0.15) is 5.82 Å². The van der Waals surface area contributed by atoms with Gasteiger partial charge in [-0.1, -0.05) is 27.7 Å². The summed E-state index contributed by atoms with van der Waals surface area (Å²) in [5.41, 5.74) is 0.00592. The fourth-order valence-corrected chi connectivity index (χ4v) is 2.77. The summed E-state index contributed by atoms with van der Waals surface area (Å²) in [7, 11) is 0. The normalized spacial score (nSPS) is 26.3. The Morgan fingerprint density at radius 3 is 2.44 bits per heavy atom. The molecule has 0 radical (unpaired) electrons. The first-order chi connectivity index (χ1) is 7.39. The van der Waals surface area contributed by atoms with Gasteiger partial charge in [0.15, 0.2) is 0 Å². The minimum absolute atomic E-state index is 0.00592. The summed E-state index contributed by atoms with van der Waals surface area (Å²) in [6.45, 7) is 8.77. The van der Waals surface area contributed by atoms with Crippen LogP contribution < -0.4 is 0 Å². The molecular formula is C12H20ClN3. The molecule has 0 aliphatic heterocycles. The van der Waals surface area contributed by atoms with E-state index in [1.54, 1.807) is 0 Å². The standard InChI is InChI=1S/C12H20ClN3/c1-8-5-6-9(7-8)16-10(12(2,3)4)14-15-11(16)13/h8-9H,5-7H2,1-4H3. The van der Waals surface area contributed by atoms with Crippen LogP contribution in [0.2, 0.25) is 5.28 Å². The predicted molar refractivity (Wildman–Crippen MR) is 65.8 cm³/mol. The van der Waals surface area contributed by atoms with Crippen molar-refractivity contribution in [1.29, 1.82) is 0 Å². The number of nitrogens with zero attached hydrogens (tertiary/aromatic N) is 3. The van der Waals surface area contributed by atoms with Crippen LogP contribution in [0.3, 0.4) is 0 Å². The van der Waals surface area contributed by atoms with E-state index in [0.717, 1.165) is 11.7 Å². The molecule has 1 aromatic rings. The summed E-state index contributed by atoms with van der Waals surface area (Å²) in [5.74, 6) is 1.80. The van der Waals surface area contributed by atoms with Gasteiger partial charge in [0.25, 0.3) is 0 Å². The number of halogens is 1. The van der Waals surface area contributed by atoms with Crippen LogP contribution in [0.4, 0.5) is 0 Å². The Hall–Kier alpha value is -0.570. The SMILES string of the molecule is CC1CCC(n2c(Cl)nnc2C(C)(C)C)C1. The van der Waals surface area contributed by atoms with Crippen LogP contribution in [0.15, 0.2) is 0 Å². The van der Waals surface area contributed by atoms with E-state index >= 15 is 0 Å². The first-order valence-corrected chi connectivity index (χ1v) is 6.38. The number of rotatable bonds is 1. The summed E-state index contributed by atoms with van der Waals surface area (Å²) < 4.78 is 2.14. The molecule has 0 saturated heterocycles. The van der Waals surface area contributed by atoms with Gasteiger partial charge in [0.05, 0.1) is 0 Å². The molecule has 0 aromatic carbocycles. The van der Waals surface area contributed by atoms with Crippen molar-refractivity contribution in [3.8, 4) is 0 Å². The van der Waals surface area contributed by atoms with Crippen molar-refractivity contribution in [3.05, 3.63) is 11.1 Å². The molecule has 1 aliphatic rings. The van der Waals surface area contributed by atoms with E-state index in [9.17, 15) is 0 Å². The van der Waals surface area contributed by atoms with Gasteiger partial charge in [0.2, 0.25) is 5.28 Å². The third kappa shape index (κ3) is 2.10. The van der Waals surface area contributed by atoms with Crippen molar-refractivity contribution in [2.75, 3.05) is 0 Å². The molecule has 3 nitrogen and oxygen atoms in total. The van der Waals surface area contributed by atoms with Crippen LogP contribution in [0.5, 0.6) is 0 Å². The summed E-state index contributed by atoms with van der Waals surface area (Å²) in [6.07, 6.45) is 3.67. The molecule has 2 unspecified atom stereocenters. The maximum absolute atomic E-state index is 6.17. The summed E-state index contributed by atoms with van der Waals surface area (Å²) in [6, 6.07) is 0.492. The van der Waals surface area contributed by atoms with Crippen LogP contribution in [-0.2, 0) is 5.41 Å². The fraction of sp³-hybridized carbons (Fsp3) is 0.833.